The first kappa shape index (κ1) is 24.6. The number of aromatic nitrogens is 5. The van der Waals surface area contributed by atoms with E-state index in [9.17, 15) is 4.79 Å². The van der Waals surface area contributed by atoms with Crippen molar-refractivity contribution >= 4 is 23.1 Å². The van der Waals surface area contributed by atoms with Gasteiger partial charge in [-0.25, -0.2) is 14.3 Å². The molecule has 4 aromatic rings. The number of anilines is 2. The average Bonchev–Trinajstić information content (AvgIpc) is 3.50. The number of methoxy groups -OCH3 is 1. The minimum absolute atomic E-state index is 0.308. The number of carbonyl (C=O) groups is 1. The lowest BCUT2D eigenvalue weighted by Crippen LogP contribution is -2.27. The number of benzene rings is 1. The third-order valence-electron chi connectivity index (χ3n) is 6.19. The molecule has 1 fully saturated rings. The fourth-order valence-corrected chi connectivity index (χ4v) is 4.49. The van der Waals surface area contributed by atoms with E-state index in [0.29, 0.717) is 28.8 Å². The molecule has 11 heteroatoms. The van der Waals surface area contributed by atoms with Gasteiger partial charge < -0.3 is 19.9 Å². The van der Waals surface area contributed by atoms with Gasteiger partial charge in [0.15, 0.2) is 5.82 Å². The predicted octanol–water partition coefficient (Wildman–Crippen LogP) is 4.55. The van der Waals surface area contributed by atoms with E-state index in [1.54, 1.807) is 17.7 Å². The number of nitrogens with two attached hydrogens (primary N) is 1. The van der Waals surface area contributed by atoms with Crippen LogP contribution in [0.4, 0.5) is 16.3 Å². The van der Waals surface area contributed by atoms with Gasteiger partial charge >= 0.3 is 6.09 Å². The lowest BCUT2D eigenvalue weighted by Gasteiger charge is -2.22. The van der Waals surface area contributed by atoms with E-state index in [1.807, 2.05) is 56.0 Å². The second kappa shape index (κ2) is 9.74. The van der Waals surface area contributed by atoms with Gasteiger partial charge in [0.05, 0.1) is 30.7 Å². The van der Waals surface area contributed by atoms with Crippen molar-refractivity contribution in [3.05, 3.63) is 43.0 Å². The molecule has 5 rings (SSSR count). The second-order valence-corrected chi connectivity index (χ2v) is 9.94. The number of nitrogens with zero attached hydrogens (tertiary/aromatic N) is 5. The minimum atomic E-state index is -0.616. The Labute approximate surface area is 214 Å². The summed E-state index contributed by atoms with van der Waals surface area (Å²) in [5.74, 6) is 0.829. The summed E-state index contributed by atoms with van der Waals surface area (Å²) < 4.78 is 20.2. The van der Waals surface area contributed by atoms with Crippen molar-refractivity contribution in [1.29, 1.82) is 0 Å². The van der Waals surface area contributed by atoms with Crippen molar-refractivity contribution in [2.75, 3.05) is 31.4 Å². The minimum Gasteiger partial charge on any atom is -0.495 e. The molecule has 37 heavy (non-hydrogen) atoms. The first-order valence-corrected chi connectivity index (χ1v) is 12.2. The van der Waals surface area contributed by atoms with Gasteiger partial charge in [0, 0.05) is 30.5 Å². The summed E-state index contributed by atoms with van der Waals surface area (Å²) in [7, 11) is 1.55. The molecule has 1 saturated heterocycles. The molecule has 3 aromatic heterocycles. The zero-order valence-corrected chi connectivity index (χ0v) is 21.4. The normalized spacial score (nSPS) is 14.6. The Morgan fingerprint density at radius 3 is 2.68 bits per heavy atom. The van der Waals surface area contributed by atoms with Crippen LogP contribution in [-0.2, 0) is 9.47 Å². The van der Waals surface area contributed by atoms with Crippen molar-refractivity contribution in [3.8, 4) is 28.1 Å². The van der Waals surface area contributed by atoms with Gasteiger partial charge in [0.25, 0.3) is 0 Å². The van der Waals surface area contributed by atoms with E-state index in [-0.39, 0.29) is 0 Å². The van der Waals surface area contributed by atoms with Crippen LogP contribution in [0.25, 0.3) is 27.9 Å². The summed E-state index contributed by atoms with van der Waals surface area (Å²) in [5, 5.41) is 11.9. The van der Waals surface area contributed by atoms with Crippen LogP contribution in [0.1, 0.15) is 39.7 Å². The Bertz CT molecular complexity index is 1430. The first-order chi connectivity index (χ1) is 17.7. The molecule has 0 atom stereocenters. The van der Waals surface area contributed by atoms with Gasteiger partial charge in [-0.2, -0.15) is 10.2 Å². The van der Waals surface area contributed by atoms with Gasteiger partial charge in [0.2, 0.25) is 0 Å². The quantitative estimate of drug-likeness (QED) is 0.404. The molecule has 3 N–H and O–H groups in total. The number of rotatable bonds is 5. The number of ether oxygens (including phenoxy) is 3. The van der Waals surface area contributed by atoms with Crippen LogP contribution >= 0.6 is 0 Å². The highest BCUT2D eigenvalue weighted by molar-refractivity contribution is 5.94. The molecule has 194 valence electrons. The third-order valence-corrected chi connectivity index (χ3v) is 6.19. The maximum Gasteiger partial charge on any atom is 0.412 e. The number of hydrogen-bond donors (Lipinski definition) is 2. The van der Waals surface area contributed by atoms with E-state index in [1.165, 1.54) is 6.33 Å². The Morgan fingerprint density at radius 1 is 1.16 bits per heavy atom. The zero-order valence-electron chi connectivity index (χ0n) is 21.4. The van der Waals surface area contributed by atoms with E-state index in [4.69, 9.17) is 19.9 Å². The highest BCUT2D eigenvalue weighted by Gasteiger charge is 2.22. The molecular formula is C26H31N7O4. The fraction of sp³-hybridized carbons (Fsp3) is 0.385. The molecule has 0 aliphatic carbocycles. The van der Waals surface area contributed by atoms with Crippen molar-refractivity contribution in [2.24, 2.45) is 0 Å². The van der Waals surface area contributed by atoms with Crippen molar-refractivity contribution < 1.29 is 19.0 Å². The summed E-state index contributed by atoms with van der Waals surface area (Å²) in [6.07, 6.45) is 6.61. The Hall–Kier alpha value is -4.12. The largest absolute Gasteiger partial charge is 0.495 e. The number of fused-ring (bicyclic) bond motifs is 1. The standard InChI is InChI=1S/C26H31N7O4/c1-26(2,3)37-25(34)31-20-6-5-16(11-22(20)35-4)19-12-21(33-23(19)24(27)28-15-30-33)17-13-29-32(14-17)18-7-9-36-10-8-18/h5-6,11-15,18H,7-10H2,1-4H3,(H,31,34)(H2,27,28,30). The van der Waals surface area contributed by atoms with Crippen LogP contribution < -0.4 is 15.8 Å². The molecule has 1 amide bonds. The Morgan fingerprint density at radius 2 is 1.95 bits per heavy atom. The van der Waals surface area contributed by atoms with Crippen LogP contribution in [0.3, 0.4) is 0 Å². The lowest BCUT2D eigenvalue weighted by atomic mass is 10.0. The molecule has 1 aromatic carbocycles. The smallest absolute Gasteiger partial charge is 0.412 e. The zero-order chi connectivity index (χ0) is 26.2. The van der Waals surface area contributed by atoms with Gasteiger partial charge in [-0.1, -0.05) is 6.07 Å². The maximum atomic E-state index is 12.3. The SMILES string of the molecule is COc1cc(-c2cc(-c3cnn(C4CCOCC4)c3)n3ncnc(N)c23)ccc1NC(=O)OC(C)(C)C. The number of hydrogen-bond acceptors (Lipinski definition) is 8. The second-order valence-electron chi connectivity index (χ2n) is 9.94. The third kappa shape index (κ3) is 5.08. The fourth-order valence-electron chi connectivity index (χ4n) is 4.49. The monoisotopic (exact) mass is 505 g/mol. The number of amides is 1. The first-order valence-electron chi connectivity index (χ1n) is 12.2. The highest BCUT2D eigenvalue weighted by atomic mass is 16.6. The predicted molar refractivity (Wildman–Crippen MR) is 140 cm³/mol. The summed E-state index contributed by atoms with van der Waals surface area (Å²) in [4.78, 5) is 16.5. The van der Waals surface area contributed by atoms with Crippen LogP contribution in [0.2, 0.25) is 0 Å². The molecule has 1 aliphatic heterocycles. The van der Waals surface area contributed by atoms with Gasteiger partial charge in [-0.3, -0.25) is 10.00 Å². The van der Waals surface area contributed by atoms with E-state index >= 15 is 0 Å². The summed E-state index contributed by atoms with van der Waals surface area (Å²) in [5.41, 5.74) is 10.3. The summed E-state index contributed by atoms with van der Waals surface area (Å²) in [6.45, 7) is 6.90. The molecule has 0 spiro atoms. The van der Waals surface area contributed by atoms with Gasteiger partial charge in [-0.15, -0.1) is 0 Å². The molecule has 4 heterocycles. The van der Waals surface area contributed by atoms with Crippen molar-refractivity contribution in [3.63, 3.8) is 0 Å². The number of carbonyl (C=O) groups excluding carboxylic acids is 1. The van der Waals surface area contributed by atoms with Gasteiger partial charge in [-0.05, 0) is 57.4 Å². The summed E-state index contributed by atoms with van der Waals surface area (Å²) in [6, 6.07) is 7.81. The van der Waals surface area contributed by atoms with E-state index in [2.05, 4.69) is 20.5 Å². The van der Waals surface area contributed by atoms with Crippen LogP contribution in [0.5, 0.6) is 5.75 Å². The molecule has 0 saturated carbocycles. The van der Waals surface area contributed by atoms with Crippen LogP contribution in [0, 0.1) is 0 Å². The highest BCUT2D eigenvalue weighted by Crippen LogP contribution is 2.38. The lowest BCUT2D eigenvalue weighted by molar-refractivity contribution is 0.0635. The molecule has 0 radical (unpaired) electrons. The van der Waals surface area contributed by atoms with Crippen molar-refractivity contribution in [1.82, 2.24) is 24.4 Å². The molecule has 0 bridgehead atoms. The number of nitrogens with one attached hydrogen (secondary N) is 1. The average molecular weight is 506 g/mol. The van der Waals surface area contributed by atoms with E-state index < -0.39 is 11.7 Å². The Balaban J connectivity index is 1.52. The maximum absolute atomic E-state index is 12.3. The summed E-state index contributed by atoms with van der Waals surface area (Å²) >= 11 is 0. The topological polar surface area (TPSA) is 131 Å². The molecule has 0 unspecified atom stereocenters. The van der Waals surface area contributed by atoms with Crippen LogP contribution in [0.15, 0.2) is 43.0 Å². The molecule has 11 nitrogen and oxygen atoms in total. The number of nitrogen functional groups attached to an aromatic ring is 1. The van der Waals surface area contributed by atoms with Crippen molar-refractivity contribution in [2.45, 2.75) is 45.3 Å². The molecular weight excluding hydrogens is 474 g/mol. The van der Waals surface area contributed by atoms with Gasteiger partial charge in [0.1, 0.15) is 23.2 Å². The van der Waals surface area contributed by atoms with E-state index in [0.717, 1.165) is 48.4 Å². The molecule has 1 aliphatic rings. The van der Waals surface area contributed by atoms with Crippen LogP contribution in [-0.4, -0.2) is 56.4 Å². The Kier molecular flexibility index (Phi) is 6.46.